The average Bonchev–Trinajstić information content (AvgIpc) is 2.70. The van der Waals surface area contributed by atoms with Gasteiger partial charge in [-0.3, -0.25) is 0 Å². The van der Waals surface area contributed by atoms with E-state index in [0.29, 0.717) is 6.04 Å². The maximum atomic E-state index is 5.42. The summed E-state index contributed by atoms with van der Waals surface area (Å²) >= 11 is 1.76. The van der Waals surface area contributed by atoms with Crippen LogP contribution in [0.15, 0.2) is 16.8 Å². The molecule has 1 rings (SSSR count). The fourth-order valence-corrected chi connectivity index (χ4v) is 2.49. The number of ether oxygens (including phenoxy) is 1. The van der Waals surface area contributed by atoms with Crippen molar-refractivity contribution in [3.05, 3.63) is 22.4 Å². The molecule has 0 radical (unpaired) electrons. The number of hydrogen-bond acceptors (Lipinski definition) is 3. The zero-order chi connectivity index (χ0) is 12.0. The molecule has 0 aliphatic heterocycles. The van der Waals surface area contributed by atoms with Gasteiger partial charge in [0.2, 0.25) is 0 Å². The number of rotatable bonds is 7. The summed E-state index contributed by atoms with van der Waals surface area (Å²) in [5.74, 6) is 0. The molecule has 0 saturated heterocycles. The molecule has 92 valence electrons. The van der Waals surface area contributed by atoms with Gasteiger partial charge in [-0.1, -0.05) is 0 Å². The average molecular weight is 241 g/mol. The van der Waals surface area contributed by atoms with Gasteiger partial charge in [-0.25, -0.2) is 0 Å². The molecule has 1 atom stereocenters. The highest BCUT2D eigenvalue weighted by Crippen LogP contribution is 2.15. The van der Waals surface area contributed by atoms with Gasteiger partial charge in [0, 0.05) is 13.2 Å². The van der Waals surface area contributed by atoms with Gasteiger partial charge in [-0.2, -0.15) is 11.3 Å². The molecule has 0 saturated carbocycles. The van der Waals surface area contributed by atoms with Crippen LogP contribution < -0.4 is 5.32 Å². The molecule has 0 amide bonds. The Hall–Kier alpha value is -0.380. The van der Waals surface area contributed by atoms with Crippen molar-refractivity contribution < 1.29 is 4.74 Å². The van der Waals surface area contributed by atoms with Crippen molar-refractivity contribution in [2.24, 2.45) is 0 Å². The van der Waals surface area contributed by atoms with Crippen molar-refractivity contribution in [3.63, 3.8) is 0 Å². The van der Waals surface area contributed by atoms with Crippen LogP contribution in [0.4, 0.5) is 0 Å². The van der Waals surface area contributed by atoms with Crippen molar-refractivity contribution in [1.29, 1.82) is 0 Å². The van der Waals surface area contributed by atoms with Crippen LogP contribution >= 0.6 is 11.3 Å². The fourth-order valence-electron chi connectivity index (χ4n) is 1.79. The zero-order valence-electron chi connectivity index (χ0n) is 10.7. The van der Waals surface area contributed by atoms with E-state index < -0.39 is 0 Å². The van der Waals surface area contributed by atoms with E-state index in [2.05, 4.69) is 42.9 Å². The fraction of sp³-hybridized carbons (Fsp3) is 0.692. The summed E-state index contributed by atoms with van der Waals surface area (Å²) in [6.07, 6.45) is 2.15. The largest absolute Gasteiger partial charge is 0.379 e. The lowest BCUT2D eigenvalue weighted by molar-refractivity contribution is 0.00865. The van der Waals surface area contributed by atoms with E-state index in [4.69, 9.17) is 4.74 Å². The lowest BCUT2D eigenvalue weighted by Crippen LogP contribution is -2.36. The third-order valence-corrected chi connectivity index (χ3v) is 3.57. The molecule has 1 N–H and O–H groups in total. The summed E-state index contributed by atoms with van der Waals surface area (Å²) in [7, 11) is 1.78. The monoisotopic (exact) mass is 241 g/mol. The maximum Gasteiger partial charge on any atom is 0.0637 e. The summed E-state index contributed by atoms with van der Waals surface area (Å²) in [6, 6.07) is 2.68. The molecule has 1 heterocycles. The Labute approximate surface area is 103 Å². The summed E-state index contributed by atoms with van der Waals surface area (Å²) in [5.41, 5.74) is 1.39. The van der Waals surface area contributed by atoms with Crippen molar-refractivity contribution in [1.82, 2.24) is 5.32 Å². The highest BCUT2D eigenvalue weighted by Gasteiger charge is 2.19. The molecule has 3 heteroatoms. The summed E-state index contributed by atoms with van der Waals surface area (Å²) in [5, 5.41) is 7.88. The Bertz CT molecular complexity index is 282. The first kappa shape index (κ1) is 13.7. The molecule has 1 aromatic heterocycles. The molecule has 0 fully saturated rings. The van der Waals surface area contributed by atoms with Gasteiger partial charge < -0.3 is 10.1 Å². The Morgan fingerprint density at radius 2 is 2.25 bits per heavy atom. The topological polar surface area (TPSA) is 21.3 Å². The smallest absolute Gasteiger partial charge is 0.0637 e. The first-order chi connectivity index (χ1) is 7.53. The van der Waals surface area contributed by atoms with Crippen molar-refractivity contribution in [3.8, 4) is 0 Å². The minimum atomic E-state index is -0.0329. The first-order valence-corrected chi connectivity index (χ1v) is 6.77. The molecule has 0 bridgehead atoms. The van der Waals surface area contributed by atoms with E-state index in [1.165, 1.54) is 5.56 Å². The quantitative estimate of drug-likeness (QED) is 0.792. The second-order valence-electron chi connectivity index (χ2n) is 4.90. The zero-order valence-corrected chi connectivity index (χ0v) is 11.6. The Balaban J connectivity index is 2.18. The minimum Gasteiger partial charge on any atom is -0.379 e. The van der Waals surface area contributed by atoms with E-state index in [1.807, 2.05) is 0 Å². The van der Waals surface area contributed by atoms with E-state index >= 15 is 0 Å². The van der Waals surface area contributed by atoms with Gasteiger partial charge in [-0.15, -0.1) is 0 Å². The lowest BCUT2D eigenvalue weighted by Gasteiger charge is -2.27. The molecule has 0 aliphatic carbocycles. The van der Waals surface area contributed by atoms with Gasteiger partial charge >= 0.3 is 0 Å². The Morgan fingerprint density at radius 3 is 2.81 bits per heavy atom. The second-order valence-corrected chi connectivity index (χ2v) is 5.68. The van der Waals surface area contributed by atoms with Crippen LogP contribution in [0.1, 0.15) is 32.8 Å². The maximum absolute atomic E-state index is 5.42. The molecule has 2 nitrogen and oxygen atoms in total. The van der Waals surface area contributed by atoms with E-state index in [-0.39, 0.29) is 5.60 Å². The van der Waals surface area contributed by atoms with Gasteiger partial charge in [0.25, 0.3) is 0 Å². The van der Waals surface area contributed by atoms with E-state index in [9.17, 15) is 0 Å². The summed E-state index contributed by atoms with van der Waals surface area (Å²) in [6.45, 7) is 7.51. The normalized spacial score (nSPS) is 14.0. The van der Waals surface area contributed by atoms with Gasteiger partial charge in [0.15, 0.2) is 0 Å². The number of thiophene rings is 1. The molecule has 0 spiro atoms. The number of methoxy groups -OCH3 is 1. The molecular weight excluding hydrogens is 218 g/mol. The molecule has 0 aliphatic rings. The van der Waals surface area contributed by atoms with Crippen LogP contribution in [0.5, 0.6) is 0 Å². The first-order valence-electron chi connectivity index (χ1n) is 5.83. The minimum absolute atomic E-state index is 0.0329. The van der Waals surface area contributed by atoms with Gasteiger partial charge in [-0.05, 0) is 62.5 Å². The van der Waals surface area contributed by atoms with Crippen LogP contribution in [-0.4, -0.2) is 25.3 Å². The highest BCUT2D eigenvalue weighted by atomic mass is 32.1. The Kier molecular flexibility index (Phi) is 5.46. The van der Waals surface area contributed by atoms with Gasteiger partial charge in [0.05, 0.1) is 5.60 Å². The summed E-state index contributed by atoms with van der Waals surface area (Å²) in [4.78, 5) is 0. The number of hydrogen-bond donors (Lipinski definition) is 1. The Morgan fingerprint density at radius 1 is 1.50 bits per heavy atom. The van der Waals surface area contributed by atoms with Crippen LogP contribution in [0.2, 0.25) is 0 Å². The molecular formula is C13H23NOS. The van der Waals surface area contributed by atoms with Crippen molar-refractivity contribution in [2.45, 2.75) is 45.3 Å². The van der Waals surface area contributed by atoms with Crippen molar-refractivity contribution >= 4 is 11.3 Å². The molecule has 0 aromatic carbocycles. The lowest BCUT2D eigenvalue weighted by atomic mass is 10.00. The highest BCUT2D eigenvalue weighted by molar-refractivity contribution is 7.07. The third-order valence-electron chi connectivity index (χ3n) is 2.84. The SMILES string of the molecule is COC(C)(C)CC(C)NCCc1ccsc1. The molecule has 16 heavy (non-hydrogen) atoms. The molecule has 1 aromatic rings. The predicted octanol–water partition coefficient (Wildman–Crippen LogP) is 3.08. The van der Waals surface area contributed by atoms with Crippen molar-refractivity contribution in [2.75, 3.05) is 13.7 Å². The van der Waals surface area contributed by atoms with Crippen LogP contribution in [0, 0.1) is 0 Å². The van der Waals surface area contributed by atoms with Crippen LogP contribution in [0.25, 0.3) is 0 Å². The van der Waals surface area contributed by atoms with Crippen LogP contribution in [0.3, 0.4) is 0 Å². The standard InChI is InChI=1S/C13H23NOS/c1-11(9-13(2,3)15-4)14-7-5-12-6-8-16-10-12/h6,8,10-11,14H,5,7,9H2,1-4H3. The van der Waals surface area contributed by atoms with Gasteiger partial charge in [0.1, 0.15) is 0 Å². The molecule has 1 unspecified atom stereocenters. The summed E-state index contributed by atoms with van der Waals surface area (Å²) < 4.78 is 5.42. The second kappa shape index (κ2) is 6.38. The number of nitrogens with one attached hydrogen (secondary N) is 1. The van der Waals surface area contributed by atoms with E-state index in [0.717, 1.165) is 19.4 Å². The third kappa shape index (κ3) is 5.10. The van der Waals surface area contributed by atoms with E-state index in [1.54, 1.807) is 18.4 Å². The predicted molar refractivity (Wildman–Crippen MR) is 71.2 cm³/mol. The van der Waals surface area contributed by atoms with Crippen LogP contribution in [-0.2, 0) is 11.2 Å².